The predicted octanol–water partition coefficient (Wildman–Crippen LogP) is 2.85. The zero-order chi connectivity index (χ0) is 25.4. The molecule has 2 saturated heterocycles. The molecule has 2 atom stereocenters. The number of nitrogens with zero attached hydrogens (tertiary/aromatic N) is 3. The predicted molar refractivity (Wildman–Crippen MR) is 128 cm³/mol. The highest BCUT2D eigenvalue weighted by Gasteiger charge is 2.51. The van der Waals surface area contributed by atoms with E-state index in [1.807, 2.05) is 4.90 Å². The molecule has 2 aliphatic rings. The van der Waals surface area contributed by atoms with E-state index >= 15 is 0 Å². The number of aliphatic hydroxyl groups excluding tert-OH is 1. The summed E-state index contributed by atoms with van der Waals surface area (Å²) in [6.07, 6.45) is -3.85. The van der Waals surface area contributed by atoms with Crippen LogP contribution in [-0.4, -0.2) is 85.4 Å². The van der Waals surface area contributed by atoms with Gasteiger partial charge < -0.3 is 20.0 Å². The molecule has 0 bridgehead atoms. The van der Waals surface area contributed by atoms with Gasteiger partial charge in [-0.3, -0.25) is 0 Å². The number of piperazine rings is 1. The van der Waals surface area contributed by atoms with Crippen LogP contribution in [0, 0.1) is 0 Å². The molecule has 0 aliphatic carbocycles. The first-order chi connectivity index (χ1) is 16.4. The topological polar surface area (TPSA) is 84.3 Å². The second kappa shape index (κ2) is 9.98. The van der Waals surface area contributed by atoms with Gasteiger partial charge in [0.15, 0.2) is 5.60 Å². The molecule has 1 unspecified atom stereocenters. The lowest BCUT2D eigenvalue weighted by atomic mass is 9.95. The molecule has 2 fully saturated rings. The number of benzene rings is 1. The maximum absolute atomic E-state index is 13.3. The summed E-state index contributed by atoms with van der Waals surface area (Å²) in [7, 11) is -3.64. The Morgan fingerprint density at radius 3 is 2.29 bits per heavy atom. The molecule has 1 aromatic carbocycles. The number of hydrogen-bond donors (Lipinski definition) is 2. The Hall–Kier alpha value is -1.70. The molecule has 3 heterocycles. The number of rotatable bonds is 6. The molecular formula is C23H30F3N3O4S2. The minimum absolute atomic E-state index is 0.234. The van der Waals surface area contributed by atoms with Crippen LogP contribution in [0.2, 0.25) is 0 Å². The van der Waals surface area contributed by atoms with E-state index in [2.05, 4.69) is 4.90 Å². The molecule has 35 heavy (non-hydrogen) atoms. The molecule has 2 aliphatic heterocycles. The molecule has 194 valence electrons. The number of alkyl halides is 3. The maximum atomic E-state index is 13.3. The normalized spacial score (nSPS) is 23.4. The highest BCUT2D eigenvalue weighted by molar-refractivity contribution is 7.91. The van der Waals surface area contributed by atoms with E-state index in [9.17, 15) is 31.8 Å². The fraction of sp³-hybridized carbons (Fsp3) is 0.565. The quantitative estimate of drug-likeness (QED) is 0.594. The van der Waals surface area contributed by atoms with Crippen LogP contribution in [0.4, 0.5) is 18.9 Å². The average molecular weight is 534 g/mol. The Morgan fingerprint density at radius 1 is 1.06 bits per heavy atom. The molecule has 4 rings (SSSR count). The summed E-state index contributed by atoms with van der Waals surface area (Å²) in [5.74, 6) is 0. The summed E-state index contributed by atoms with van der Waals surface area (Å²) < 4.78 is 67.8. The molecule has 12 heteroatoms. The molecular weight excluding hydrogens is 503 g/mol. The third kappa shape index (κ3) is 5.52. The Labute approximate surface area is 207 Å². The van der Waals surface area contributed by atoms with Gasteiger partial charge in [0.2, 0.25) is 0 Å². The van der Waals surface area contributed by atoms with Crippen molar-refractivity contribution in [1.82, 2.24) is 9.21 Å². The minimum atomic E-state index is -4.81. The number of halogens is 3. The fourth-order valence-electron chi connectivity index (χ4n) is 4.62. The first kappa shape index (κ1) is 26.4. The van der Waals surface area contributed by atoms with Crippen molar-refractivity contribution in [1.29, 1.82) is 0 Å². The number of hydrogen-bond acceptors (Lipinski definition) is 7. The number of likely N-dealkylation sites (tertiary alicyclic amines) is 1. The van der Waals surface area contributed by atoms with Crippen molar-refractivity contribution in [2.24, 2.45) is 0 Å². The molecule has 0 radical (unpaired) electrons. The minimum Gasteiger partial charge on any atom is -0.393 e. The molecule has 2 aromatic rings. The van der Waals surface area contributed by atoms with Gasteiger partial charge in [0.05, 0.1) is 12.1 Å². The third-order valence-electron chi connectivity index (χ3n) is 6.87. The summed E-state index contributed by atoms with van der Waals surface area (Å²) in [6, 6.07) is 8.68. The number of piperidine rings is 1. The molecule has 2 N–H and O–H groups in total. The number of anilines is 1. The Kier molecular flexibility index (Phi) is 7.52. The van der Waals surface area contributed by atoms with Crippen molar-refractivity contribution in [3.8, 4) is 0 Å². The van der Waals surface area contributed by atoms with Crippen molar-refractivity contribution < 1.29 is 31.8 Å². The van der Waals surface area contributed by atoms with Crippen molar-refractivity contribution in [2.75, 3.05) is 44.2 Å². The summed E-state index contributed by atoms with van der Waals surface area (Å²) in [5.41, 5.74) is -2.55. The van der Waals surface area contributed by atoms with E-state index < -0.39 is 21.8 Å². The van der Waals surface area contributed by atoms with Gasteiger partial charge >= 0.3 is 6.18 Å². The van der Waals surface area contributed by atoms with E-state index in [1.54, 1.807) is 29.6 Å². The van der Waals surface area contributed by atoms with Gasteiger partial charge in [-0.05, 0) is 48.9 Å². The molecule has 0 amide bonds. The van der Waals surface area contributed by atoms with Crippen LogP contribution in [0.5, 0.6) is 0 Å². The van der Waals surface area contributed by atoms with Crippen LogP contribution in [-0.2, 0) is 15.6 Å². The van der Waals surface area contributed by atoms with E-state index in [4.69, 9.17) is 0 Å². The lowest BCUT2D eigenvalue weighted by Crippen LogP contribution is -2.59. The SMILES string of the molecule is CC(O)(c1ccc(N2CCN(S(=O)(=O)c3cccs3)C[C@@H]2CN2CCC(O)CC2)cc1)C(F)(F)F. The second-order valence-corrected chi connectivity index (χ2v) is 12.4. The third-order valence-corrected chi connectivity index (χ3v) is 10.1. The van der Waals surface area contributed by atoms with E-state index in [0.717, 1.165) is 6.92 Å². The summed E-state index contributed by atoms with van der Waals surface area (Å²) in [5, 5.41) is 21.6. The van der Waals surface area contributed by atoms with E-state index in [1.165, 1.54) is 27.8 Å². The summed E-state index contributed by atoms with van der Waals surface area (Å²) >= 11 is 1.17. The molecule has 1 aromatic heterocycles. The maximum Gasteiger partial charge on any atom is 0.421 e. The van der Waals surface area contributed by atoms with Gasteiger partial charge in [0.25, 0.3) is 10.0 Å². The lowest BCUT2D eigenvalue weighted by molar-refractivity contribution is -0.258. The van der Waals surface area contributed by atoms with E-state index in [0.29, 0.717) is 44.7 Å². The highest BCUT2D eigenvalue weighted by Crippen LogP contribution is 2.39. The molecule has 7 nitrogen and oxygen atoms in total. The molecule has 0 saturated carbocycles. The molecule has 0 spiro atoms. The van der Waals surface area contributed by atoms with Gasteiger partial charge in [-0.2, -0.15) is 17.5 Å². The Bertz CT molecular complexity index is 1080. The zero-order valence-electron chi connectivity index (χ0n) is 19.4. The zero-order valence-corrected chi connectivity index (χ0v) is 21.0. The fourth-order valence-corrected chi connectivity index (χ4v) is 7.23. The van der Waals surface area contributed by atoms with Gasteiger partial charge in [-0.15, -0.1) is 11.3 Å². The van der Waals surface area contributed by atoms with Crippen LogP contribution < -0.4 is 4.90 Å². The average Bonchev–Trinajstić information content (AvgIpc) is 3.36. The summed E-state index contributed by atoms with van der Waals surface area (Å²) in [6.45, 7) is 3.53. The van der Waals surface area contributed by atoms with Crippen LogP contribution in [0.1, 0.15) is 25.3 Å². The second-order valence-electron chi connectivity index (χ2n) is 9.29. The lowest BCUT2D eigenvalue weighted by Gasteiger charge is -2.44. The summed E-state index contributed by atoms with van der Waals surface area (Å²) in [4.78, 5) is 4.21. The number of aliphatic hydroxyl groups is 2. The first-order valence-electron chi connectivity index (χ1n) is 11.5. The van der Waals surface area contributed by atoms with Crippen molar-refractivity contribution in [2.45, 2.75) is 47.9 Å². The van der Waals surface area contributed by atoms with Gasteiger partial charge in [0, 0.05) is 45.0 Å². The number of sulfonamides is 1. The van der Waals surface area contributed by atoms with Gasteiger partial charge in [-0.1, -0.05) is 18.2 Å². The highest BCUT2D eigenvalue weighted by atomic mass is 32.2. The van der Waals surface area contributed by atoms with Crippen molar-refractivity contribution in [3.63, 3.8) is 0 Å². The monoisotopic (exact) mass is 533 g/mol. The number of thiophene rings is 1. The van der Waals surface area contributed by atoms with Crippen LogP contribution >= 0.6 is 11.3 Å². The largest absolute Gasteiger partial charge is 0.421 e. The van der Waals surface area contributed by atoms with E-state index in [-0.39, 0.29) is 35.0 Å². The smallest absolute Gasteiger partial charge is 0.393 e. The van der Waals surface area contributed by atoms with Crippen LogP contribution in [0.15, 0.2) is 46.0 Å². The van der Waals surface area contributed by atoms with Crippen molar-refractivity contribution in [3.05, 3.63) is 47.3 Å². The Balaban J connectivity index is 1.57. The van der Waals surface area contributed by atoms with Crippen molar-refractivity contribution >= 4 is 27.0 Å². The standard InChI is InChI=1S/C23H30F3N3O4S2/c1-22(31,23(24,25)26)17-4-6-18(7-5-17)29-13-12-28(35(32,33)21-3-2-14-34-21)16-19(29)15-27-10-8-20(30)9-11-27/h2-7,14,19-20,30-31H,8-13,15-16H2,1H3/t19-,22?/m0/s1. The Morgan fingerprint density at radius 2 is 1.71 bits per heavy atom. The van der Waals surface area contributed by atoms with Gasteiger partial charge in [0.1, 0.15) is 4.21 Å². The van der Waals surface area contributed by atoms with Crippen LogP contribution in [0.3, 0.4) is 0 Å². The van der Waals surface area contributed by atoms with Gasteiger partial charge in [-0.25, -0.2) is 8.42 Å². The first-order valence-corrected chi connectivity index (χ1v) is 13.8. The van der Waals surface area contributed by atoms with Crippen LogP contribution in [0.25, 0.3) is 0 Å².